The molecule has 2 heterocycles. The summed E-state index contributed by atoms with van der Waals surface area (Å²) < 4.78 is 0. The minimum atomic E-state index is -0.396. The molecule has 0 spiro atoms. The average molecular weight is 439 g/mol. The zero-order valence-corrected chi connectivity index (χ0v) is 19.3. The molecule has 31 heavy (non-hydrogen) atoms. The maximum Gasteiger partial charge on any atom is 0.256 e. The summed E-state index contributed by atoms with van der Waals surface area (Å²) in [5.74, 6) is 0.103. The van der Waals surface area contributed by atoms with Crippen molar-refractivity contribution in [3.05, 3.63) is 70.7 Å². The smallest absolute Gasteiger partial charge is 0.256 e. The Hall–Kier alpha value is -2.33. The molecular formula is C26H31ClN2O2. The van der Waals surface area contributed by atoms with Crippen molar-refractivity contribution in [3.63, 3.8) is 0 Å². The summed E-state index contributed by atoms with van der Waals surface area (Å²) in [5.41, 5.74) is 1.34. The molecule has 4 rings (SSSR count). The van der Waals surface area contributed by atoms with Crippen molar-refractivity contribution in [2.45, 2.75) is 64.1 Å². The molecule has 2 aliphatic rings. The Kier molecular flexibility index (Phi) is 6.11. The fourth-order valence-corrected chi connectivity index (χ4v) is 5.71. The number of likely N-dealkylation sites (tertiary alicyclic amines) is 2. The van der Waals surface area contributed by atoms with Gasteiger partial charge in [0, 0.05) is 18.0 Å². The molecule has 164 valence electrons. The lowest BCUT2D eigenvalue weighted by atomic mass is 9.87. The molecule has 0 N–H and O–H groups in total. The molecule has 0 aliphatic carbocycles. The molecule has 2 aliphatic heterocycles. The van der Waals surface area contributed by atoms with Crippen LogP contribution in [-0.4, -0.2) is 45.8 Å². The number of halogens is 1. The SMILES string of the molecule is CC(C)C(=O)N1CCC[C@H]2[C@@H]1C[C@@](C)(Cc1ccccc1)N2C(=O)c1ccccc1Cl. The summed E-state index contributed by atoms with van der Waals surface area (Å²) in [6.45, 7) is 6.85. The van der Waals surface area contributed by atoms with E-state index in [2.05, 4.69) is 24.0 Å². The van der Waals surface area contributed by atoms with Crippen LogP contribution in [0, 0.1) is 5.92 Å². The Morgan fingerprint density at radius 2 is 1.74 bits per heavy atom. The number of benzene rings is 2. The summed E-state index contributed by atoms with van der Waals surface area (Å²) >= 11 is 6.43. The lowest BCUT2D eigenvalue weighted by Gasteiger charge is -2.42. The van der Waals surface area contributed by atoms with Crippen LogP contribution in [0.2, 0.25) is 5.02 Å². The van der Waals surface area contributed by atoms with E-state index in [0.717, 1.165) is 32.2 Å². The summed E-state index contributed by atoms with van der Waals surface area (Å²) in [5, 5.41) is 0.476. The molecule has 4 nitrogen and oxygen atoms in total. The van der Waals surface area contributed by atoms with Crippen molar-refractivity contribution in [1.82, 2.24) is 9.80 Å². The number of fused-ring (bicyclic) bond motifs is 1. The van der Waals surface area contributed by atoms with Gasteiger partial charge in [0.2, 0.25) is 5.91 Å². The Bertz CT molecular complexity index is 961. The van der Waals surface area contributed by atoms with Crippen LogP contribution in [0.15, 0.2) is 54.6 Å². The molecule has 2 fully saturated rings. The number of rotatable bonds is 4. The monoisotopic (exact) mass is 438 g/mol. The Balaban J connectivity index is 1.75. The normalized spacial score (nSPS) is 25.6. The third-order valence-electron chi connectivity index (χ3n) is 6.83. The molecule has 0 bridgehead atoms. The summed E-state index contributed by atoms with van der Waals surface area (Å²) in [4.78, 5) is 31.0. The first-order chi connectivity index (χ1) is 14.8. The number of amides is 2. The second-order valence-corrected chi connectivity index (χ2v) is 9.89. The van der Waals surface area contributed by atoms with E-state index in [9.17, 15) is 9.59 Å². The predicted octanol–water partition coefficient (Wildman–Crippen LogP) is 5.20. The van der Waals surface area contributed by atoms with Crippen LogP contribution >= 0.6 is 11.6 Å². The number of carbonyl (C=O) groups excluding carboxylic acids is 2. The number of hydrogen-bond acceptors (Lipinski definition) is 2. The van der Waals surface area contributed by atoms with E-state index in [1.54, 1.807) is 12.1 Å². The largest absolute Gasteiger partial charge is 0.337 e. The summed E-state index contributed by atoms with van der Waals surface area (Å²) in [7, 11) is 0. The first-order valence-electron chi connectivity index (χ1n) is 11.2. The van der Waals surface area contributed by atoms with Gasteiger partial charge in [-0.05, 0) is 50.3 Å². The summed E-state index contributed by atoms with van der Waals surface area (Å²) in [6, 6.07) is 17.6. The molecule has 0 aromatic heterocycles. The third kappa shape index (κ3) is 4.10. The van der Waals surface area contributed by atoms with Gasteiger partial charge in [0.05, 0.1) is 22.7 Å². The van der Waals surface area contributed by atoms with Gasteiger partial charge >= 0.3 is 0 Å². The molecule has 0 unspecified atom stereocenters. The van der Waals surface area contributed by atoms with E-state index < -0.39 is 5.54 Å². The van der Waals surface area contributed by atoms with Crippen LogP contribution in [0.25, 0.3) is 0 Å². The van der Waals surface area contributed by atoms with Gasteiger partial charge in [-0.3, -0.25) is 9.59 Å². The van der Waals surface area contributed by atoms with E-state index >= 15 is 0 Å². The topological polar surface area (TPSA) is 40.6 Å². The van der Waals surface area contributed by atoms with Crippen molar-refractivity contribution in [2.24, 2.45) is 5.92 Å². The van der Waals surface area contributed by atoms with Gasteiger partial charge in [0.15, 0.2) is 0 Å². The van der Waals surface area contributed by atoms with Crippen molar-refractivity contribution < 1.29 is 9.59 Å². The van der Waals surface area contributed by atoms with Gasteiger partial charge in [0.25, 0.3) is 5.91 Å². The minimum Gasteiger partial charge on any atom is -0.337 e. The fourth-order valence-electron chi connectivity index (χ4n) is 5.49. The first kappa shape index (κ1) is 21.9. The molecule has 0 saturated carbocycles. The molecule has 3 atom stereocenters. The van der Waals surface area contributed by atoms with E-state index in [1.165, 1.54) is 5.56 Å². The maximum absolute atomic E-state index is 13.9. The highest BCUT2D eigenvalue weighted by Crippen LogP contribution is 2.44. The first-order valence-corrected chi connectivity index (χ1v) is 11.6. The number of piperidine rings is 1. The third-order valence-corrected chi connectivity index (χ3v) is 7.16. The highest BCUT2D eigenvalue weighted by atomic mass is 35.5. The van der Waals surface area contributed by atoms with Crippen LogP contribution in [0.1, 0.15) is 56.0 Å². The van der Waals surface area contributed by atoms with Gasteiger partial charge < -0.3 is 9.80 Å². The van der Waals surface area contributed by atoms with Crippen LogP contribution in [0.3, 0.4) is 0 Å². The van der Waals surface area contributed by atoms with Gasteiger partial charge in [-0.1, -0.05) is 67.9 Å². The van der Waals surface area contributed by atoms with Crippen molar-refractivity contribution >= 4 is 23.4 Å². The lowest BCUT2D eigenvalue weighted by molar-refractivity contribution is -0.138. The number of nitrogens with zero attached hydrogens (tertiary/aromatic N) is 2. The van der Waals surface area contributed by atoms with Crippen LogP contribution in [-0.2, 0) is 11.2 Å². The predicted molar refractivity (Wildman–Crippen MR) is 124 cm³/mol. The standard InChI is InChI=1S/C26H31ClN2O2/c1-18(2)24(30)28-15-9-14-22-23(28)17-26(3,16-19-10-5-4-6-11-19)29(22)25(31)20-12-7-8-13-21(20)27/h4-8,10-13,18,22-23H,9,14-17H2,1-3H3/t22-,23-,26+/m0/s1. The van der Waals surface area contributed by atoms with Crippen molar-refractivity contribution in [3.8, 4) is 0 Å². The molecule has 2 aromatic carbocycles. The van der Waals surface area contributed by atoms with Crippen molar-refractivity contribution in [1.29, 1.82) is 0 Å². The van der Waals surface area contributed by atoms with Crippen LogP contribution in [0.5, 0.6) is 0 Å². The van der Waals surface area contributed by atoms with E-state index in [0.29, 0.717) is 10.6 Å². The molecule has 2 saturated heterocycles. The van der Waals surface area contributed by atoms with E-state index in [-0.39, 0.29) is 29.8 Å². The zero-order valence-electron chi connectivity index (χ0n) is 18.6. The molecule has 2 aromatic rings. The fraction of sp³-hybridized carbons (Fsp3) is 0.462. The number of carbonyl (C=O) groups is 2. The second-order valence-electron chi connectivity index (χ2n) is 9.48. The van der Waals surface area contributed by atoms with Gasteiger partial charge in [-0.2, -0.15) is 0 Å². The Labute approximate surface area is 190 Å². The van der Waals surface area contributed by atoms with E-state index in [1.807, 2.05) is 49.1 Å². The van der Waals surface area contributed by atoms with Crippen LogP contribution in [0.4, 0.5) is 0 Å². The average Bonchev–Trinajstić information content (AvgIpc) is 3.05. The molecule has 5 heteroatoms. The highest BCUT2D eigenvalue weighted by Gasteiger charge is 2.54. The minimum absolute atomic E-state index is 0.00827. The lowest BCUT2D eigenvalue weighted by Crippen LogP contribution is -2.55. The highest BCUT2D eigenvalue weighted by molar-refractivity contribution is 6.33. The number of hydrogen-bond donors (Lipinski definition) is 0. The van der Waals surface area contributed by atoms with E-state index in [4.69, 9.17) is 11.6 Å². The second kappa shape index (κ2) is 8.66. The van der Waals surface area contributed by atoms with Crippen molar-refractivity contribution in [2.75, 3.05) is 6.54 Å². The van der Waals surface area contributed by atoms with Crippen LogP contribution < -0.4 is 0 Å². The van der Waals surface area contributed by atoms with Gasteiger partial charge in [-0.25, -0.2) is 0 Å². The Morgan fingerprint density at radius 1 is 1.06 bits per heavy atom. The maximum atomic E-state index is 13.9. The molecule has 2 amide bonds. The Morgan fingerprint density at radius 3 is 2.42 bits per heavy atom. The summed E-state index contributed by atoms with van der Waals surface area (Å²) in [6.07, 6.45) is 3.35. The molecule has 0 radical (unpaired) electrons. The van der Waals surface area contributed by atoms with Gasteiger partial charge in [-0.15, -0.1) is 0 Å². The quantitative estimate of drug-likeness (QED) is 0.658. The molecular weight excluding hydrogens is 408 g/mol. The van der Waals surface area contributed by atoms with Gasteiger partial charge in [0.1, 0.15) is 0 Å². The zero-order chi connectivity index (χ0) is 22.2.